The summed E-state index contributed by atoms with van der Waals surface area (Å²) in [7, 11) is 0. The van der Waals surface area contributed by atoms with Crippen LogP contribution in [0.4, 0.5) is 5.95 Å². The monoisotopic (exact) mass is 568 g/mol. The second kappa shape index (κ2) is 9.71. The zero-order valence-electron chi connectivity index (χ0n) is 15.9. The number of nitrogens with zero attached hydrogens (tertiary/aromatic N) is 3. The van der Waals surface area contributed by atoms with E-state index in [0.29, 0.717) is 22.4 Å². The summed E-state index contributed by atoms with van der Waals surface area (Å²) in [4.78, 5) is 16.5. The summed E-state index contributed by atoms with van der Waals surface area (Å²) in [5.41, 5.74) is 0.904. The van der Waals surface area contributed by atoms with Crippen molar-refractivity contribution in [2.45, 2.75) is 13.2 Å². The number of benzene rings is 2. The molecule has 0 radical (unpaired) electrons. The van der Waals surface area contributed by atoms with E-state index in [-0.39, 0.29) is 18.3 Å². The lowest BCUT2D eigenvalue weighted by Crippen LogP contribution is -2.12. The van der Waals surface area contributed by atoms with Crippen LogP contribution in [0.5, 0.6) is 5.75 Å². The van der Waals surface area contributed by atoms with E-state index in [1.54, 1.807) is 28.9 Å². The van der Waals surface area contributed by atoms with Crippen molar-refractivity contribution in [2.24, 2.45) is 0 Å². The van der Waals surface area contributed by atoms with Crippen molar-refractivity contribution in [1.29, 1.82) is 0 Å². The van der Waals surface area contributed by atoms with Crippen LogP contribution in [0.3, 0.4) is 0 Å². The third kappa shape index (κ3) is 5.78. The smallest absolute Gasteiger partial charge is 0.293 e. The Kier molecular flexibility index (Phi) is 6.79. The first kappa shape index (κ1) is 21.7. The maximum absolute atomic E-state index is 12.4. The number of hydrogen-bond acceptors (Lipinski definition) is 5. The van der Waals surface area contributed by atoms with Crippen LogP contribution in [0.2, 0.25) is 10.0 Å². The fourth-order valence-electron chi connectivity index (χ4n) is 2.68. The largest absolute Gasteiger partial charge is 0.486 e. The van der Waals surface area contributed by atoms with Gasteiger partial charge in [0.15, 0.2) is 5.76 Å². The predicted octanol–water partition coefficient (Wildman–Crippen LogP) is 5.66. The maximum atomic E-state index is 12.4. The Morgan fingerprint density at radius 1 is 1.10 bits per heavy atom. The summed E-state index contributed by atoms with van der Waals surface area (Å²) in [6.45, 7) is 0.644. The summed E-state index contributed by atoms with van der Waals surface area (Å²) >= 11 is 14.2. The molecular weight excluding hydrogens is 554 g/mol. The van der Waals surface area contributed by atoms with E-state index in [2.05, 4.69) is 38.0 Å². The van der Waals surface area contributed by atoms with Crippen molar-refractivity contribution < 1.29 is 13.9 Å². The highest BCUT2D eigenvalue weighted by Gasteiger charge is 2.14. The number of aromatic nitrogens is 3. The van der Waals surface area contributed by atoms with Gasteiger partial charge in [-0.1, -0.05) is 29.3 Å². The molecule has 0 aliphatic heterocycles. The van der Waals surface area contributed by atoms with Crippen molar-refractivity contribution in [3.05, 3.63) is 91.6 Å². The average Bonchev–Trinajstić information content (AvgIpc) is 3.40. The van der Waals surface area contributed by atoms with Gasteiger partial charge in [-0.3, -0.25) is 10.1 Å². The number of halogens is 3. The molecule has 158 valence electrons. The van der Waals surface area contributed by atoms with Crippen LogP contribution in [0, 0.1) is 3.57 Å². The van der Waals surface area contributed by atoms with Gasteiger partial charge < -0.3 is 9.15 Å². The third-order valence-electron chi connectivity index (χ3n) is 4.17. The molecule has 1 N–H and O–H groups in total. The summed E-state index contributed by atoms with van der Waals surface area (Å²) in [6, 6.07) is 16.2. The molecule has 2 aromatic heterocycles. The van der Waals surface area contributed by atoms with E-state index in [1.807, 2.05) is 30.3 Å². The minimum absolute atomic E-state index is 0.141. The lowest BCUT2D eigenvalue weighted by molar-refractivity contribution is 0.0991. The number of carbonyl (C=O) groups excluding carboxylic acids is 1. The van der Waals surface area contributed by atoms with E-state index in [9.17, 15) is 4.79 Å². The van der Waals surface area contributed by atoms with E-state index in [1.165, 1.54) is 6.33 Å². The number of ether oxygens (including phenoxy) is 1. The molecular formula is C21H15Cl2IN4O3. The van der Waals surface area contributed by atoms with Crippen molar-refractivity contribution in [3.63, 3.8) is 0 Å². The highest BCUT2D eigenvalue weighted by Crippen LogP contribution is 2.23. The molecule has 0 saturated carbocycles. The number of furan rings is 1. The molecule has 0 spiro atoms. The highest BCUT2D eigenvalue weighted by atomic mass is 127. The minimum Gasteiger partial charge on any atom is -0.486 e. The molecule has 1 amide bonds. The molecule has 2 aromatic carbocycles. The van der Waals surface area contributed by atoms with Gasteiger partial charge in [0.1, 0.15) is 24.4 Å². The first-order valence-corrected chi connectivity index (χ1v) is 10.9. The molecule has 0 aliphatic carbocycles. The first-order valence-electron chi connectivity index (χ1n) is 9.08. The Bertz CT molecular complexity index is 1210. The van der Waals surface area contributed by atoms with Crippen LogP contribution in [0.25, 0.3) is 0 Å². The van der Waals surface area contributed by atoms with E-state index < -0.39 is 5.91 Å². The third-order valence-corrected chi connectivity index (χ3v) is 5.63. The molecule has 2 heterocycles. The molecule has 31 heavy (non-hydrogen) atoms. The Hall–Kier alpha value is -2.56. The Labute approximate surface area is 201 Å². The van der Waals surface area contributed by atoms with Crippen LogP contribution in [-0.4, -0.2) is 20.7 Å². The average molecular weight is 569 g/mol. The molecule has 10 heteroatoms. The molecule has 0 atom stereocenters. The van der Waals surface area contributed by atoms with Gasteiger partial charge in [0, 0.05) is 3.57 Å². The van der Waals surface area contributed by atoms with Crippen molar-refractivity contribution >= 4 is 57.6 Å². The molecule has 4 rings (SSSR count). The quantitative estimate of drug-likeness (QED) is 0.291. The van der Waals surface area contributed by atoms with E-state index in [0.717, 1.165) is 14.9 Å². The van der Waals surface area contributed by atoms with Crippen LogP contribution in [0.15, 0.2) is 65.3 Å². The van der Waals surface area contributed by atoms with Gasteiger partial charge in [0.05, 0.1) is 16.6 Å². The molecule has 7 nitrogen and oxygen atoms in total. The van der Waals surface area contributed by atoms with Gasteiger partial charge in [-0.25, -0.2) is 9.67 Å². The van der Waals surface area contributed by atoms with Crippen LogP contribution in [0.1, 0.15) is 21.9 Å². The van der Waals surface area contributed by atoms with Crippen LogP contribution < -0.4 is 10.1 Å². The molecule has 4 aromatic rings. The normalized spacial score (nSPS) is 10.8. The Balaban J connectivity index is 1.33. The van der Waals surface area contributed by atoms with Gasteiger partial charge >= 0.3 is 0 Å². The number of anilines is 1. The van der Waals surface area contributed by atoms with Gasteiger partial charge in [-0.15, -0.1) is 5.10 Å². The molecule has 0 unspecified atom stereocenters. The zero-order chi connectivity index (χ0) is 21.8. The summed E-state index contributed by atoms with van der Waals surface area (Å²) < 4.78 is 13.9. The van der Waals surface area contributed by atoms with Crippen LogP contribution in [-0.2, 0) is 13.2 Å². The molecule has 0 bridgehead atoms. The fraction of sp³-hybridized carbons (Fsp3) is 0.0952. The standard InChI is InChI=1S/C21H15Cl2IN4O3/c22-17-7-1-13(9-18(17)23)10-28-12-25-21(27-28)26-20(29)19-8-6-16(31-19)11-30-15-4-2-14(24)3-5-15/h1-9,12H,10-11H2,(H,26,27,29). The van der Waals surface area contributed by atoms with Gasteiger partial charge in [0.2, 0.25) is 5.95 Å². The second-order valence-corrected chi connectivity index (χ2v) is 8.54. The maximum Gasteiger partial charge on any atom is 0.293 e. The SMILES string of the molecule is O=C(Nc1ncn(Cc2ccc(Cl)c(Cl)c2)n1)c1ccc(COc2ccc(I)cc2)o1. The second-order valence-electron chi connectivity index (χ2n) is 6.48. The van der Waals surface area contributed by atoms with E-state index >= 15 is 0 Å². The number of rotatable bonds is 7. The van der Waals surface area contributed by atoms with Gasteiger partial charge in [-0.2, -0.15) is 0 Å². The molecule has 0 aliphatic rings. The topological polar surface area (TPSA) is 82.2 Å². The number of hydrogen-bond donors (Lipinski definition) is 1. The summed E-state index contributed by atoms with van der Waals surface area (Å²) in [6.07, 6.45) is 1.51. The van der Waals surface area contributed by atoms with E-state index in [4.69, 9.17) is 32.4 Å². The lowest BCUT2D eigenvalue weighted by Gasteiger charge is -2.04. The number of nitrogens with one attached hydrogen (secondary N) is 1. The number of carbonyl (C=O) groups is 1. The van der Waals surface area contributed by atoms with Crippen LogP contribution >= 0.6 is 45.8 Å². The minimum atomic E-state index is -0.451. The van der Waals surface area contributed by atoms with Gasteiger partial charge in [0.25, 0.3) is 5.91 Å². The predicted molar refractivity (Wildman–Crippen MR) is 126 cm³/mol. The Morgan fingerprint density at radius 2 is 1.90 bits per heavy atom. The van der Waals surface area contributed by atoms with Gasteiger partial charge in [-0.05, 0) is 76.7 Å². The molecule has 0 saturated heterocycles. The highest BCUT2D eigenvalue weighted by molar-refractivity contribution is 14.1. The van der Waals surface area contributed by atoms with Crippen molar-refractivity contribution in [1.82, 2.24) is 14.8 Å². The number of amides is 1. The fourth-order valence-corrected chi connectivity index (χ4v) is 3.36. The summed E-state index contributed by atoms with van der Waals surface area (Å²) in [5.74, 6) is 1.11. The Morgan fingerprint density at radius 3 is 2.68 bits per heavy atom. The zero-order valence-corrected chi connectivity index (χ0v) is 19.6. The first-order chi connectivity index (χ1) is 15.0. The van der Waals surface area contributed by atoms with Crippen molar-refractivity contribution in [2.75, 3.05) is 5.32 Å². The molecule has 0 fully saturated rings. The lowest BCUT2D eigenvalue weighted by atomic mass is 10.2. The summed E-state index contributed by atoms with van der Waals surface area (Å²) in [5, 5.41) is 7.81. The van der Waals surface area contributed by atoms with Crippen molar-refractivity contribution in [3.8, 4) is 5.75 Å².